The van der Waals surface area contributed by atoms with Gasteiger partial charge in [0.15, 0.2) is 0 Å². The van der Waals surface area contributed by atoms with Crippen LogP contribution in [-0.4, -0.2) is 17.0 Å². The second-order valence-electron chi connectivity index (χ2n) is 6.09. The van der Waals surface area contributed by atoms with Crippen LogP contribution in [0.4, 0.5) is 10.7 Å². The first-order valence-corrected chi connectivity index (χ1v) is 9.56. The zero-order chi connectivity index (χ0) is 19.4. The molecule has 0 fully saturated rings. The molecule has 0 saturated carbocycles. The minimum Gasteiger partial charge on any atom is -0.396 e. The fraction of sp³-hybridized carbons (Fsp3) is 0.250. The Morgan fingerprint density at radius 3 is 2.67 bits per heavy atom. The Morgan fingerprint density at radius 1 is 1.33 bits per heavy atom. The van der Waals surface area contributed by atoms with Gasteiger partial charge in [0.1, 0.15) is 27.2 Å². The average Bonchev–Trinajstić information content (AvgIpc) is 3.31. The van der Waals surface area contributed by atoms with Crippen molar-refractivity contribution >= 4 is 27.8 Å². The van der Waals surface area contributed by atoms with Crippen LogP contribution in [0, 0.1) is 11.3 Å². The Hall–Kier alpha value is -3.11. The molecule has 0 aliphatic rings. The van der Waals surface area contributed by atoms with Crippen LogP contribution >= 0.6 is 11.3 Å². The van der Waals surface area contributed by atoms with E-state index < -0.39 is 0 Å². The number of hydrogen-bond acceptors (Lipinski definition) is 7. The summed E-state index contributed by atoms with van der Waals surface area (Å²) in [5.41, 5.74) is 8.01. The lowest BCUT2D eigenvalue weighted by molar-refractivity contribution is 0.100. The molecule has 6 nitrogen and oxygen atoms in total. The third-order valence-corrected chi connectivity index (χ3v) is 5.52. The number of carbonyl (C=O) groups is 1. The summed E-state index contributed by atoms with van der Waals surface area (Å²) in [5, 5.41) is 17.4. The van der Waals surface area contributed by atoms with Crippen molar-refractivity contribution in [2.75, 3.05) is 11.1 Å². The predicted octanol–water partition coefficient (Wildman–Crippen LogP) is 4.69. The molecule has 0 saturated heterocycles. The lowest BCUT2D eigenvalue weighted by Gasteiger charge is -2.14. The first-order chi connectivity index (χ1) is 13.1. The molecular formula is C20H20N4O2S. The van der Waals surface area contributed by atoms with Crippen LogP contribution in [0.3, 0.4) is 0 Å². The van der Waals surface area contributed by atoms with E-state index in [-0.39, 0.29) is 28.1 Å². The van der Waals surface area contributed by atoms with Gasteiger partial charge in [0.25, 0.3) is 0 Å². The van der Waals surface area contributed by atoms with E-state index in [2.05, 4.69) is 30.4 Å². The molecule has 0 unspecified atom stereocenters. The Morgan fingerprint density at radius 2 is 2.04 bits per heavy atom. The van der Waals surface area contributed by atoms with Crippen LogP contribution in [0.25, 0.3) is 11.3 Å². The van der Waals surface area contributed by atoms with E-state index in [1.807, 2.05) is 30.3 Å². The molecule has 0 radical (unpaired) electrons. The zero-order valence-electron chi connectivity index (χ0n) is 15.2. The predicted molar refractivity (Wildman–Crippen MR) is 107 cm³/mol. The first-order valence-electron chi connectivity index (χ1n) is 8.74. The van der Waals surface area contributed by atoms with Crippen molar-refractivity contribution in [1.82, 2.24) is 5.16 Å². The Kier molecular flexibility index (Phi) is 5.57. The molecule has 2 aromatic heterocycles. The highest BCUT2D eigenvalue weighted by atomic mass is 32.1. The van der Waals surface area contributed by atoms with Crippen LogP contribution in [0.15, 0.2) is 40.9 Å². The first kappa shape index (κ1) is 18.7. The minimum atomic E-state index is -0.374. The summed E-state index contributed by atoms with van der Waals surface area (Å²) in [5.74, 6) is -0.276. The van der Waals surface area contributed by atoms with Gasteiger partial charge in [0, 0.05) is 17.7 Å². The molecule has 0 amide bonds. The lowest BCUT2D eigenvalue weighted by Crippen LogP contribution is -2.16. The Bertz CT molecular complexity index is 981. The van der Waals surface area contributed by atoms with E-state index in [0.717, 1.165) is 18.4 Å². The summed E-state index contributed by atoms with van der Waals surface area (Å²) >= 11 is 1.18. The van der Waals surface area contributed by atoms with E-state index in [1.165, 1.54) is 11.3 Å². The van der Waals surface area contributed by atoms with Gasteiger partial charge in [-0.2, -0.15) is 5.26 Å². The van der Waals surface area contributed by atoms with Gasteiger partial charge in [0.2, 0.25) is 11.5 Å². The number of nitrogen functional groups attached to an aromatic ring is 1. The number of anilines is 2. The van der Waals surface area contributed by atoms with E-state index in [9.17, 15) is 10.1 Å². The van der Waals surface area contributed by atoms with Gasteiger partial charge in [-0.3, -0.25) is 4.79 Å². The fourth-order valence-corrected chi connectivity index (χ4v) is 3.84. The van der Waals surface area contributed by atoms with Gasteiger partial charge in [-0.25, -0.2) is 0 Å². The van der Waals surface area contributed by atoms with Crippen LogP contribution in [0.1, 0.15) is 47.7 Å². The van der Waals surface area contributed by atoms with Gasteiger partial charge in [0.05, 0.1) is 5.69 Å². The molecular weight excluding hydrogens is 360 g/mol. The summed E-state index contributed by atoms with van der Waals surface area (Å²) in [6, 6.07) is 13.4. The number of aromatic nitrogens is 1. The maximum absolute atomic E-state index is 12.9. The number of thiophene rings is 1. The topological polar surface area (TPSA) is 105 Å². The Balaban J connectivity index is 1.92. The molecule has 0 spiro atoms. The maximum atomic E-state index is 12.9. The number of nitrogens with two attached hydrogens (primary N) is 1. The number of hydrogen-bond donors (Lipinski definition) is 2. The van der Waals surface area contributed by atoms with Gasteiger partial charge >= 0.3 is 0 Å². The molecule has 3 aromatic rings. The normalized spacial score (nSPS) is 10.7. The molecule has 7 heteroatoms. The van der Waals surface area contributed by atoms with Crippen molar-refractivity contribution in [2.24, 2.45) is 0 Å². The summed E-state index contributed by atoms with van der Waals surface area (Å²) in [6.45, 7) is 4.13. The lowest BCUT2D eigenvalue weighted by atomic mass is 10.1. The molecule has 3 rings (SSSR count). The smallest absolute Gasteiger partial charge is 0.243 e. The third kappa shape index (κ3) is 3.71. The second kappa shape index (κ2) is 8.06. The van der Waals surface area contributed by atoms with E-state index in [1.54, 1.807) is 6.07 Å². The molecule has 27 heavy (non-hydrogen) atoms. The number of carbonyl (C=O) groups excluding carboxylic acids is 1. The van der Waals surface area contributed by atoms with E-state index >= 15 is 0 Å². The highest BCUT2D eigenvalue weighted by Crippen LogP contribution is 2.37. The summed E-state index contributed by atoms with van der Waals surface area (Å²) in [6.07, 6.45) is 1.82. The standard InChI is InChI=1S/C20H20N4O2S/c1-3-13(4-2)23-20-14(11-21)17(22)19(27-20)18(25)16-10-15(24-26-16)12-8-6-5-7-9-12/h5-10,13,23H,3-4,22H2,1-2H3. The second-order valence-corrected chi connectivity index (χ2v) is 7.11. The molecule has 0 bridgehead atoms. The average molecular weight is 380 g/mol. The van der Waals surface area contributed by atoms with Crippen LogP contribution < -0.4 is 11.1 Å². The summed E-state index contributed by atoms with van der Waals surface area (Å²) in [7, 11) is 0. The van der Waals surface area contributed by atoms with Gasteiger partial charge < -0.3 is 15.6 Å². The number of nitrogens with zero attached hydrogens (tertiary/aromatic N) is 2. The highest BCUT2D eigenvalue weighted by Gasteiger charge is 2.25. The van der Waals surface area contributed by atoms with Gasteiger partial charge in [-0.15, -0.1) is 11.3 Å². The SMILES string of the molecule is CCC(CC)Nc1sc(C(=O)c2cc(-c3ccccc3)no2)c(N)c1C#N. The minimum absolute atomic E-state index is 0.0976. The monoisotopic (exact) mass is 380 g/mol. The van der Waals surface area contributed by atoms with Gasteiger partial charge in [-0.1, -0.05) is 49.3 Å². The van der Waals surface area contributed by atoms with Crippen molar-refractivity contribution in [2.45, 2.75) is 32.7 Å². The summed E-state index contributed by atoms with van der Waals surface area (Å²) < 4.78 is 5.24. The molecule has 2 heterocycles. The molecule has 3 N–H and O–H groups in total. The molecule has 1 aromatic carbocycles. The van der Waals surface area contributed by atoms with Crippen LogP contribution in [0.2, 0.25) is 0 Å². The van der Waals surface area contributed by atoms with Crippen molar-refractivity contribution in [3.63, 3.8) is 0 Å². The number of nitrogens with one attached hydrogen (secondary N) is 1. The third-order valence-electron chi connectivity index (χ3n) is 4.39. The highest BCUT2D eigenvalue weighted by molar-refractivity contribution is 7.19. The molecule has 0 aliphatic heterocycles. The number of ketones is 1. The van der Waals surface area contributed by atoms with Crippen molar-refractivity contribution in [1.29, 1.82) is 5.26 Å². The quantitative estimate of drug-likeness (QED) is 0.576. The Labute approximate surface area is 161 Å². The number of nitriles is 1. The number of rotatable bonds is 7. The summed E-state index contributed by atoms with van der Waals surface area (Å²) in [4.78, 5) is 13.2. The maximum Gasteiger partial charge on any atom is 0.243 e. The van der Waals surface area contributed by atoms with Crippen molar-refractivity contribution < 1.29 is 9.32 Å². The molecule has 0 aliphatic carbocycles. The van der Waals surface area contributed by atoms with E-state index in [4.69, 9.17) is 10.3 Å². The molecule has 138 valence electrons. The van der Waals surface area contributed by atoms with Gasteiger partial charge in [-0.05, 0) is 12.8 Å². The van der Waals surface area contributed by atoms with Crippen molar-refractivity contribution in [3.8, 4) is 17.3 Å². The van der Waals surface area contributed by atoms with Crippen molar-refractivity contribution in [3.05, 3.63) is 52.6 Å². The molecule has 0 atom stereocenters. The zero-order valence-corrected chi connectivity index (χ0v) is 16.0. The fourth-order valence-electron chi connectivity index (χ4n) is 2.74. The van der Waals surface area contributed by atoms with Crippen LogP contribution in [0.5, 0.6) is 0 Å². The largest absolute Gasteiger partial charge is 0.396 e. The van der Waals surface area contributed by atoms with E-state index in [0.29, 0.717) is 16.3 Å². The van der Waals surface area contributed by atoms with Crippen LogP contribution in [-0.2, 0) is 0 Å². The number of benzene rings is 1.